The molecule has 0 radical (unpaired) electrons. The Labute approximate surface area is 118 Å². The van der Waals surface area contributed by atoms with Crippen molar-refractivity contribution in [2.75, 3.05) is 0 Å². The molecule has 2 nitrogen and oxygen atoms in total. The quantitative estimate of drug-likeness (QED) is 0.914. The second-order valence-electron chi connectivity index (χ2n) is 5.16. The van der Waals surface area contributed by atoms with E-state index in [1.807, 2.05) is 36.4 Å². The summed E-state index contributed by atoms with van der Waals surface area (Å²) < 4.78 is 0. The van der Waals surface area contributed by atoms with Gasteiger partial charge in [-0.3, -0.25) is 4.79 Å². The Kier molecular flexibility index (Phi) is 3.38. The van der Waals surface area contributed by atoms with Gasteiger partial charge in [0.25, 0.3) is 0 Å². The van der Waals surface area contributed by atoms with Gasteiger partial charge < -0.3 is 5.11 Å². The molecule has 20 heavy (non-hydrogen) atoms. The monoisotopic (exact) mass is 264 g/mol. The summed E-state index contributed by atoms with van der Waals surface area (Å²) >= 11 is 0. The minimum Gasteiger partial charge on any atom is -0.508 e. The molecule has 100 valence electrons. The molecule has 1 aliphatic rings. The maximum absolute atomic E-state index is 12.2. The Morgan fingerprint density at radius 1 is 1.15 bits per heavy atom. The first kappa shape index (κ1) is 12.7. The molecular weight excluding hydrogens is 248 g/mol. The smallest absolute Gasteiger partial charge is 0.166 e. The van der Waals surface area contributed by atoms with Gasteiger partial charge in [0.2, 0.25) is 0 Å². The van der Waals surface area contributed by atoms with E-state index in [1.54, 1.807) is 18.2 Å². The van der Waals surface area contributed by atoms with Crippen molar-refractivity contribution in [3.63, 3.8) is 0 Å². The Hall–Kier alpha value is -2.35. The molecule has 2 heteroatoms. The minimum absolute atomic E-state index is 0.00626. The van der Waals surface area contributed by atoms with E-state index in [4.69, 9.17) is 0 Å². The Bertz CT molecular complexity index is 656. The van der Waals surface area contributed by atoms with Crippen LogP contribution in [0, 0.1) is 5.92 Å². The van der Waals surface area contributed by atoms with E-state index in [2.05, 4.69) is 6.08 Å². The molecule has 0 fully saturated rings. The number of allylic oxidation sites excluding steroid dienone is 1. The van der Waals surface area contributed by atoms with Crippen LogP contribution < -0.4 is 0 Å². The van der Waals surface area contributed by atoms with E-state index in [-0.39, 0.29) is 17.5 Å². The van der Waals surface area contributed by atoms with E-state index in [0.717, 1.165) is 29.5 Å². The SMILES string of the molecule is O=C1c2ccc(O)cc2CC1C/C=C/c1ccccc1. The van der Waals surface area contributed by atoms with E-state index < -0.39 is 0 Å². The van der Waals surface area contributed by atoms with Gasteiger partial charge in [0.05, 0.1) is 0 Å². The zero-order valence-corrected chi connectivity index (χ0v) is 11.1. The van der Waals surface area contributed by atoms with Crippen molar-refractivity contribution < 1.29 is 9.90 Å². The van der Waals surface area contributed by atoms with Crippen LogP contribution in [0.3, 0.4) is 0 Å². The highest BCUT2D eigenvalue weighted by Gasteiger charge is 2.29. The fraction of sp³-hybridized carbons (Fsp3) is 0.167. The summed E-state index contributed by atoms with van der Waals surface area (Å²) in [6, 6.07) is 15.1. The van der Waals surface area contributed by atoms with Crippen LogP contribution in [0.5, 0.6) is 5.75 Å². The largest absolute Gasteiger partial charge is 0.508 e. The lowest BCUT2D eigenvalue weighted by molar-refractivity contribution is 0.0938. The van der Waals surface area contributed by atoms with Crippen molar-refractivity contribution in [3.8, 4) is 5.75 Å². The molecule has 0 aliphatic heterocycles. The molecule has 0 bridgehead atoms. The third-order valence-corrected chi connectivity index (χ3v) is 3.72. The minimum atomic E-state index is 0.00626. The summed E-state index contributed by atoms with van der Waals surface area (Å²) in [6.45, 7) is 0. The van der Waals surface area contributed by atoms with Gasteiger partial charge in [-0.2, -0.15) is 0 Å². The van der Waals surface area contributed by atoms with Crippen LogP contribution in [0.4, 0.5) is 0 Å². The zero-order chi connectivity index (χ0) is 13.9. The second-order valence-corrected chi connectivity index (χ2v) is 5.16. The second kappa shape index (κ2) is 5.33. The molecule has 0 saturated heterocycles. The lowest BCUT2D eigenvalue weighted by atomic mass is 10.0. The number of hydrogen-bond donors (Lipinski definition) is 1. The molecule has 1 atom stereocenters. The number of rotatable bonds is 3. The van der Waals surface area contributed by atoms with Crippen molar-refractivity contribution in [2.24, 2.45) is 5.92 Å². The normalized spacial score (nSPS) is 17.6. The number of benzene rings is 2. The first-order valence-electron chi connectivity index (χ1n) is 6.82. The van der Waals surface area contributed by atoms with E-state index in [0.29, 0.717) is 0 Å². The van der Waals surface area contributed by atoms with E-state index in [1.165, 1.54) is 0 Å². The highest BCUT2D eigenvalue weighted by Crippen LogP contribution is 2.31. The molecule has 3 rings (SSSR count). The van der Waals surface area contributed by atoms with Crippen LogP contribution >= 0.6 is 0 Å². The number of phenolic OH excluding ortho intramolecular Hbond substituents is 1. The summed E-state index contributed by atoms with van der Waals surface area (Å²) in [4.78, 5) is 12.2. The molecular formula is C18H16O2. The third kappa shape index (κ3) is 2.50. The standard InChI is InChI=1S/C18H16O2/c19-16-9-10-17-15(12-16)11-14(18(17)20)8-4-7-13-5-2-1-3-6-13/h1-7,9-10,12,14,19H,8,11H2/b7-4+. The number of carbonyl (C=O) groups is 1. The first-order chi connectivity index (χ1) is 9.74. The lowest BCUT2D eigenvalue weighted by Crippen LogP contribution is -2.07. The molecule has 0 heterocycles. The van der Waals surface area contributed by atoms with Crippen molar-refractivity contribution >= 4 is 11.9 Å². The van der Waals surface area contributed by atoms with E-state index in [9.17, 15) is 9.90 Å². The maximum Gasteiger partial charge on any atom is 0.166 e. The molecule has 1 unspecified atom stereocenters. The van der Waals surface area contributed by atoms with Crippen LogP contribution in [-0.4, -0.2) is 10.9 Å². The molecule has 0 aromatic heterocycles. The van der Waals surface area contributed by atoms with Gasteiger partial charge in [0, 0.05) is 11.5 Å². The molecule has 0 spiro atoms. The number of Topliss-reactive ketones (excluding diaryl/α,β-unsaturated/α-hetero) is 1. The predicted molar refractivity (Wildman–Crippen MR) is 79.7 cm³/mol. The van der Waals surface area contributed by atoms with E-state index >= 15 is 0 Å². The van der Waals surface area contributed by atoms with Crippen molar-refractivity contribution in [1.82, 2.24) is 0 Å². The van der Waals surface area contributed by atoms with Gasteiger partial charge in [-0.15, -0.1) is 0 Å². The van der Waals surface area contributed by atoms with Crippen molar-refractivity contribution in [3.05, 3.63) is 71.3 Å². The molecule has 1 aliphatic carbocycles. The van der Waals surface area contributed by atoms with Crippen LogP contribution in [0.1, 0.15) is 27.9 Å². The van der Waals surface area contributed by atoms with Gasteiger partial charge in [0.15, 0.2) is 5.78 Å². The summed E-state index contributed by atoms with van der Waals surface area (Å²) in [7, 11) is 0. The fourth-order valence-corrected chi connectivity index (χ4v) is 2.69. The zero-order valence-electron chi connectivity index (χ0n) is 11.1. The number of hydrogen-bond acceptors (Lipinski definition) is 2. The molecule has 0 amide bonds. The Morgan fingerprint density at radius 3 is 2.75 bits per heavy atom. The number of ketones is 1. The Balaban J connectivity index is 1.69. The fourth-order valence-electron chi connectivity index (χ4n) is 2.69. The van der Waals surface area contributed by atoms with Crippen LogP contribution in [-0.2, 0) is 6.42 Å². The summed E-state index contributed by atoms with van der Waals surface area (Å²) in [5, 5.41) is 9.47. The molecule has 1 N–H and O–H groups in total. The third-order valence-electron chi connectivity index (χ3n) is 3.72. The summed E-state index contributed by atoms with van der Waals surface area (Å²) in [5.74, 6) is 0.432. The van der Waals surface area contributed by atoms with Gasteiger partial charge in [0.1, 0.15) is 5.75 Å². The van der Waals surface area contributed by atoms with Crippen LogP contribution in [0.2, 0.25) is 0 Å². The molecule has 0 saturated carbocycles. The molecule has 2 aromatic rings. The highest BCUT2D eigenvalue weighted by atomic mass is 16.3. The van der Waals surface area contributed by atoms with Gasteiger partial charge in [-0.05, 0) is 42.2 Å². The molecule has 2 aromatic carbocycles. The van der Waals surface area contributed by atoms with Crippen LogP contribution in [0.15, 0.2) is 54.6 Å². The average molecular weight is 264 g/mol. The van der Waals surface area contributed by atoms with Gasteiger partial charge in [-0.25, -0.2) is 0 Å². The average Bonchev–Trinajstić information content (AvgIpc) is 2.76. The lowest BCUT2D eigenvalue weighted by Gasteiger charge is -2.02. The number of aromatic hydroxyl groups is 1. The Morgan fingerprint density at radius 2 is 1.95 bits per heavy atom. The predicted octanol–water partition coefficient (Wildman–Crippen LogP) is 3.85. The van der Waals surface area contributed by atoms with Gasteiger partial charge in [-0.1, -0.05) is 42.5 Å². The number of carbonyl (C=O) groups excluding carboxylic acids is 1. The number of phenols is 1. The topological polar surface area (TPSA) is 37.3 Å². The first-order valence-corrected chi connectivity index (χ1v) is 6.82. The maximum atomic E-state index is 12.2. The highest BCUT2D eigenvalue weighted by molar-refractivity contribution is 6.02. The van der Waals surface area contributed by atoms with Crippen LogP contribution in [0.25, 0.3) is 6.08 Å². The summed E-state index contributed by atoms with van der Waals surface area (Å²) in [6.07, 6.45) is 5.57. The number of fused-ring (bicyclic) bond motifs is 1. The van der Waals surface area contributed by atoms with Crippen molar-refractivity contribution in [2.45, 2.75) is 12.8 Å². The summed E-state index contributed by atoms with van der Waals surface area (Å²) in [5.41, 5.74) is 2.88. The van der Waals surface area contributed by atoms with Gasteiger partial charge >= 0.3 is 0 Å². The van der Waals surface area contributed by atoms with Crippen molar-refractivity contribution in [1.29, 1.82) is 0 Å².